The number of carbonyl (C=O) groups excluding carboxylic acids is 2. The van der Waals surface area contributed by atoms with Crippen LogP contribution in [0.5, 0.6) is 0 Å². The number of aromatic amines is 1. The lowest BCUT2D eigenvalue weighted by atomic mass is 9.76. The molecular formula is C19H21N3O4. The van der Waals surface area contributed by atoms with Crippen LogP contribution in [0.4, 0.5) is 0 Å². The van der Waals surface area contributed by atoms with Gasteiger partial charge in [-0.3, -0.25) is 4.79 Å². The van der Waals surface area contributed by atoms with Crippen molar-refractivity contribution in [1.82, 2.24) is 4.98 Å². The van der Waals surface area contributed by atoms with Crippen LogP contribution in [0.2, 0.25) is 0 Å². The second kappa shape index (κ2) is 6.71. The monoisotopic (exact) mass is 355 g/mol. The lowest BCUT2D eigenvalue weighted by Crippen LogP contribution is -2.28. The molecule has 3 rings (SSSR count). The number of nitrogens with zero attached hydrogens (tertiary/aromatic N) is 1. The van der Waals surface area contributed by atoms with E-state index in [0.717, 1.165) is 0 Å². The lowest BCUT2D eigenvalue weighted by molar-refractivity contribution is -0.116. The quantitative estimate of drug-likeness (QED) is 0.805. The summed E-state index contributed by atoms with van der Waals surface area (Å²) in [6, 6.07) is 2.09. The van der Waals surface area contributed by atoms with Crippen LogP contribution < -0.4 is 5.73 Å². The minimum absolute atomic E-state index is 0.0173. The second-order valence-electron chi connectivity index (χ2n) is 6.42. The van der Waals surface area contributed by atoms with Crippen molar-refractivity contribution in [3.63, 3.8) is 0 Å². The number of aryl methyl sites for hydroxylation is 1. The van der Waals surface area contributed by atoms with Gasteiger partial charge in [0, 0.05) is 24.1 Å². The maximum absolute atomic E-state index is 12.6. The molecule has 26 heavy (non-hydrogen) atoms. The zero-order valence-electron chi connectivity index (χ0n) is 15.1. The highest BCUT2D eigenvalue weighted by atomic mass is 16.5. The van der Waals surface area contributed by atoms with E-state index in [0.29, 0.717) is 53.1 Å². The molecule has 0 unspecified atom stereocenters. The van der Waals surface area contributed by atoms with Crippen molar-refractivity contribution in [2.75, 3.05) is 6.61 Å². The Hall–Kier alpha value is -3.01. The number of nitrogens with one attached hydrogen (secondary N) is 1. The standard InChI is InChI=1S/C19H21N3O4/c1-4-25-19(24)17-9(2)14(10(3)22-17)15-11(8-20)18(21)26-13-7-5-6-12(23)16(13)15/h15,22H,4-7,21H2,1-3H3/t15-/m1/s1. The fraction of sp³-hybridized carbons (Fsp3) is 0.421. The number of ether oxygens (including phenoxy) is 2. The Labute approximate surface area is 151 Å². The third kappa shape index (κ3) is 2.68. The first-order chi connectivity index (χ1) is 12.4. The maximum Gasteiger partial charge on any atom is 0.355 e. The van der Waals surface area contributed by atoms with Gasteiger partial charge in [0.25, 0.3) is 0 Å². The van der Waals surface area contributed by atoms with E-state index in [2.05, 4.69) is 11.1 Å². The van der Waals surface area contributed by atoms with E-state index < -0.39 is 11.9 Å². The highest BCUT2D eigenvalue weighted by Gasteiger charge is 2.40. The van der Waals surface area contributed by atoms with Crippen molar-refractivity contribution < 1.29 is 19.1 Å². The second-order valence-corrected chi connectivity index (χ2v) is 6.42. The van der Waals surface area contributed by atoms with Gasteiger partial charge in [-0.2, -0.15) is 5.26 Å². The fourth-order valence-electron chi connectivity index (χ4n) is 3.75. The molecule has 136 valence electrons. The van der Waals surface area contributed by atoms with Gasteiger partial charge in [-0.1, -0.05) is 0 Å². The fourth-order valence-corrected chi connectivity index (χ4v) is 3.75. The van der Waals surface area contributed by atoms with Gasteiger partial charge >= 0.3 is 5.97 Å². The molecule has 7 nitrogen and oxygen atoms in total. The van der Waals surface area contributed by atoms with E-state index in [1.165, 1.54) is 0 Å². The first kappa shape index (κ1) is 17.8. The van der Waals surface area contributed by atoms with E-state index in [1.54, 1.807) is 20.8 Å². The molecule has 2 heterocycles. The average Bonchev–Trinajstić information content (AvgIpc) is 2.88. The number of hydrogen-bond acceptors (Lipinski definition) is 6. The van der Waals surface area contributed by atoms with E-state index in [1.807, 2.05) is 0 Å². The lowest BCUT2D eigenvalue weighted by Gasteiger charge is -2.31. The van der Waals surface area contributed by atoms with Gasteiger partial charge in [0.1, 0.15) is 23.1 Å². The summed E-state index contributed by atoms with van der Waals surface area (Å²) in [5.74, 6) is -0.597. The molecule has 1 aromatic heterocycles. The molecule has 0 saturated carbocycles. The molecule has 1 aliphatic heterocycles. The van der Waals surface area contributed by atoms with Crippen molar-refractivity contribution >= 4 is 11.8 Å². The highest BCUT2D eigenvalue weighted by molar-refractivity contribution is 6.00. The predicted molar refractivity (Wildman–Crippen MR) is 92.8 cm³/mol. The first-order valence-corrected chi connectivity index (χ1v) is 8.60. The van der Waals surface area contributed by atoms with Gasteiger partial charge in [-0.25, -0.2) is 4.79 Å². The number of ketones is 1. The van der Waals surface area contributed by atoms with Crippen molar-refractivity contribution in [1.29, 1.82) is 5.26 Å². The van der Waals surface area contributed by atoms with Gasteiger partial charge in [0.2, 0.25) is 5.88 Å². The predicted octanol–water partition coefficient (Wildman–Crippen LogP) is 2.62. The third-order valence-corrected chi connectivity index (χ3v) is 4.87. The Morgan fingerprint density at radius 1 is 1.42 bits per heavy atom. The van der Waals surface area contributed by atoms with E-state index >= 15 is 0 Å². The van der Waals surface area contributed by atoms with Crippen LogP contribution in [0.15, 0.2) is 22.8 Å². The minimum atomic E-state index is -0.629. The van der Waals surface area contributed by atoms with Crippen molar-refractivity contribution in [3.8, 4) is 6.07 Å². The molecule has 3 N–H and O–H groups in total. The van der Waals surface area contributed by atoms with Crippen LogP contribution in [-0.2, 0) is 14.3 Å². The zero-order valence-corrected chi connectivity index (χ0v) is 15.1. The molecule has 0 saturated heterocycles. The summed E-state index contributed by atoms with van der Waals surface area (Å²) >= 11 is 0. The Kier molecular flexibility index (Phi) is 4.60. The van der Waals surface area contributed by atoms with Crippen molar-refractivity contribution in [3.05, 3.63) is 45.3 Å². The Balaban J connectivity index is 2.21. The van der Waals surface area contributed by atoms with E-state index in [-0.39, 0.29) is 23.8 Å². The molecule has 1 aromatic rings. The Morgan fingerprint density at radius 2 is 2.15 bits per heavy atom. The number of rotatable bonds is 3. The Morgan fingerprint density at radius 3 is 2.81 bits per heavy atom. The summed E-state index contributed by atoms with van der Waals surface area (Å²) in [5.41, 5.74) is 9.02. The number of H-pyrrole nitrogens is 1. The number of aromatic nitrogens is 1. The molecule has 0 radical (unpaired) electrons. The van der Waals surface area contributed by atoms with Crippen molar-refractivity contribution in [2.24, 2.45) is 5.73 Å². The molecule has 0 spiro atoms. The number of Topliss-reactive ketones (excluding diaryl/α,β-unsaturated/α-hetero) is 1. The molecule has 2 aliphatic rings. The largest absolute Gasteiger partial charge is 0.461 e. The van der Waals surface area contributed by atoms with Crippen LogP contribution in [0.3, 0.4) is 0 Å². The van der Waals surface area contributed by atoms with Crippen LogP contribution in [0, 0.1) is 25.2 Å². The zero-order chi connectivity index (χ0) is 19.0. The summed E-state index contributed by atoms with van der Waals surface area (Å²) in [6.07, 6.45) is 1.70. The SMILES string of the molecule is CCOC(=O)c1[nH]c(C)c([C@H]2C(C#N)=C(N)OC3=C2C(=O)CCC3)c1C. The summed E-state index contributed by atoms with van der Waals surface area (Å²) in [5, 5.41) is 9.65. The van der Waals surface area contributed by atoms with Gasteiger partial charge < -0.3 is 20.2 Å². The molecular weight excluding hydrogens is 334 g/mol. The molecule has 7 heteroatoms. The molecule has 0 amide bonds. The van der Waals surface area contributed by atoms with Crippen LogP contribution in [-0.4, -0.2) is 23.3 Å². The number of nitriles is 1. The number of esters is 1. The van der Waals surface area contributed by atoms with Crippen molar-refractivity contribution in [2.45, 2.75) is 46.0 Å². The number of carbonyl (C=O) groups is 2. The van der Waals surface area contributed by atoms with Crippen LogP contribution in [0.1, 0.15) is 59.4 Å². The number of allylic oxidation sites excluding steroid dienone is 3. The molecule has 1 atom stereocenters. The normalized spacial score (nSPS) is 19.8. The number of hydrogen-bond donors (Lipinski definition) is 2. The van der Waals surface area contributed by atoms with E-state index in [4.69, 9.17) is 15.2 Å². The summed E-state index contributed by atoms with van der Waals surface area (Å²) in [7, 11) is 0. The van der Waals surface area contributed by atoms with Gasteiger partial charge in [0.15, 0.2) is 5.78 Å². The van der Waals surface area contributed by atoms with Gasteiger partial charge in [0.05, 0.1) is 12.5 Å². The third-order valence-electron chi connectivity index (χ3n) is 4.87. The maximum atomic E-state index is 12.6. The molecule has 0 aromatic carbocycles. The minimum Gasteiger partial charge on any atom is -0.461 e. The van der Waals surface area contributed by atoms with Crippen LogP contribution >= 0.6 is 0 Å². The average molecular weight is 355 g/mol. The summed E-state index contributed by atoms with van der Waals surface area (Å²) in [4.78, 5) is 27.9. The summed E-state index contributed by atoms with van der Waals surface area (Å²) in [6.45, 7) is 5.57. The van der Waals surface area contributed by atoms with Gasteiger partial charge in [-0.15, -0.1) is 0 Å². The molecule has 0 fully saturated rings. The van der Waals surface area contributed by atoms with Gasteiger partial charge in [-0.05, 0) is 38.3 Å². The topological polar surface area (TPSA) is 118 Å². The summed E-state index contributed by atoms with van der Waals surface area (Å²) < 4.78 is 10.7. The van der Waals surface area contributed by atoms with E-state index in [9.17, 15) is 14.9 Å². The molecule has 0 bridgehead atoms. The molecule has 1 aliphatic carbocycles. The first-order valence-electron chi connectivity index (χ1n) is 8.60. The Bertz CT molecular complexity index is 899. The smallest absolute Gasteiger partial charge is 0.355 e. The van der Waals surface area contributed by atoms with Crippen LogP contribution in [0.25, 0.3) is 0 Å². The number of nitrogens with two attached hydrogens (primary N) is 1. The highest BCUT2D eigenvalue weighted by Crippen LogP contribution is 2.45.